The van der Waals surface area contributed by atoms with E-state index in [0.717, 1.165) is 34.3 Å². The van der Waals surface area contributed by atoms with Crippen molar-refractivity contribution in [3.63, 3.8) is 0 Å². The minimum atomic E-state index is -0.313. The molecule has 0 spiro atoms. The summed E-state index contributed by atoms with van der Waals surface area (Å²) in [5.41, 5.74) is 4.51. The highest BCUT2D eigenvalue weighted by Crippen LogP contribution is 2.37. The first-order chi connectivity index (χ1) is 15.6. The summed E-state index contributed by atoms with van der Waals surface area (Å²) in [4.78, 5) is 0. The average molecular weight is 433 g/mol. The maximum Gasteiger partial charge on any atom is 0.158 e. The molecular weight excluding hydrogens is 408 g/mol. The third-order valence-electron chi connectivity index (χ3n) is 6.14. The monoisotopic (exact) mass is 433 g/mol. The van der Waals surface area contributed by atoms with E-state index in [-0.39, 0.29) is 23.8 Å². The highest BCUT2D eigenvalue weighted by molar-refractivity contribution is 5.83. The molecule has 1 aromatic heterocycles. The first kappa shape index (κ1) is 20.9. The summed E-state index contributed by atoms with van der Waals surface area (Å²) < 4.78 is 42.0. The minimum absolute atomic E-state index is 0.172. The third-order valence-corrected chi connectivity index (χ3v) is 6.14. The number of aromatic nitrogens is 1. The van der Waals surface area contributed by atoms with Crippen LogP contribution in [0.15, 0.2) is 72.8 Å². The van der Waals surface area contributed by atoms with Crippen molar-refractivity contribution in [3.05, 3.63) is 101 Å². The quantitative estimate of drug-likeness (QED) is 0.352. The van der Waals surface area contributed by atoms with Gasteiger partial charge in [0.2, 0.25) is 0 Å². The van der Waals surface area contributed by atoms with Gasteiger partial charge in [-0.25, -0.2) is 8.78 Å². The van der Waals surface area contributed by atoms with Crippen LogP contribution >= 0.6 is 0 Å². The fourth-order valence-electron chi connectivity index (χ4n) is 4.47. The number of benzene rings is 3. The van der Waals surface area contributed by atoms with Gasteiger partial charge in [0.15, 0.2) is 6.29 Å². The molecule has 0 amide bonds. The molecule has 3 nitrogen and oxygen atoms in total. The van der Waals surface area contributed by atoms with Crippen LogP contribution in [-0.4, -0.2) is 17.5 Å². The van der Waals surface area contributed by atoms with Crippen LogP contribution in [0.25, 0.3) is 16.6 Å². The van der Waals surface area contributed by atoms with E-state index in [1.54, 1.807) is 25.1 Å². The second kappa shape index (κ2) is 8.85. The standard InChI is InChI=1S/C27H25F2NO2/c1-18-13-23(8-9-24(18)29)30-25-10-7-22(28)14-21(25)15-26(30)20-11-12-31-27(16-20)32-17-19-5-3-2-4-6-19/h2-10,13-15,20,27H,11-12,16-17H2,1H3. The highest BCUT2D eigenvalue weighted by Gasteiger charge is 2.28. The molecule has 164 valence electrons. The molecule has 0 saturated carbocycles. The van der Waals surface area contributed by atoms with Gasteiger partial charge in [-0.05, 0) is 66.9 Å². The van der Waals surface area contributed by atoms with Gasteiger partial charge in [-0.1, -0.05) is 30.3 Å². The van der Waals surface area contributed by atoms with Gasteiger partial charge >= 0.3 is 0 Å². The molecule has 2 unspecified atom stereocenters. The maximum absolute atomic E-state index is 14.0. The predicted octanol–water partition coefficient (Wildman–Crippen LogP) is 6.65. The van der Waals surface area contributed by atoms with Gasteiger partial charge in [-0.15, -0.1) is 0 Å². The summed E-state index contributed by atoms with van der Waals surface area (Å²) in [5.74, 6) is -0.337. The van der Waals surface area contributed by atoms with E-state index in [1.165, 1.54) is 12.1 Å². The van der Waals surface area contributed by atoms with Gasteiger partial charge in [0.1, 0.15) is 11.6 Å². The average Bonchev–Trinajstić information content (AvgIpc) is 3.19. The fraction of sp³-hybridized carbons (Fsp3) is 0.259. The van der Waals surface area contributed by atoms with Gasteiger partial charge in [-0.3, -0.25) is 0 Å². The second-order valence-corrected chi connectivity index (χ2v) is 8.36. The van der Waals surface area contributed by atoms with Gasteiger partial charge in [-0.2, -0.15) is 0 Å². The van der Waals surface area contributed by atoms with Crippen LogP contribution in [0.2, 0.25) is 0 Å². The molecule has 0 radical (unpaired) electrons. The van der Waals surface area contributed by atoms with Crippen LogP contribution < -0.4 is 0 Å². The Labute approximate surface area is 186 Å². The van der Waals surface area contributed by atoms with E-state index in [1.807, 2.05) is 42.5 Å². The zero-order valence-electron chi connectivity index (χ0n) is 17.9. The first-order valence-corrected chi connectivity index (χ1v) is 10.9. The fourth-order valence-corrected chi connectivity index (χ4v) is 4.47. The molecule has 1 fully saturated rings. The van der Waals surface area contributed by atoms with Crippen molar-refractivity contribution in [1.82, 2.24) is 4.57 Å². The van der Waals surface area contributed by atoms with Crippen LogP contribution in [0.1, 0.15) is 35.6 Å². The van der Waals surface area contributed by atoms with Crippen LogP contribution in [0.3, 0.4) is 0 Å². The van der Waals surface area contributed by atoms with E-state index in [2.05, 4.69) is 4.57 Å². The molecule has 4 aromatic rings. The molecule has 5 rings (SSSR count). The number of hydrogen-bond acceptors (Lipinski definition) is 2. The molecule has 0 bridgehead atoms. The maximum atomic E-state index is 14.0. The molecule has 5 heteroatoms. The SMILES string of the molecule is Cc1cc(-n2c(C3CCOC(OCc4ccccc4)C3)cc3cc(F)ccc32)ccc1F. The van der Waals surface area contributed by atoms with Gasteiger partial charge < -0.3 is 14.0 Å². The Kier molecular flexibility index (Phi) is 5.77. The summed E-state index contributed by atoms with van der Waals surface area (Å²) >= 11 is 0. The Morgan fingerprint density at radius 3 is 2.66 bits per heavy atom. The molecule has 1 aliphatic rings. The zero-order valence-corrected chi connectivity index (χ0v) is 17.9. The van der Waals surface area contributed by atoms with Crippen LogP contribution in [0, 0.1) is 18.6 Å². The zero-order chi connectivity index (χ0) is 22.1. The number of nitrogens with zero attached hydrogens (tertiary/aromatic N) is 1. The number of fused-ring (bicyclic) bond motifs is 1. The Bertz CT molecular complexity index is 1240. The van der Waals surface area contributed by atoms with E-state index in [4.69, 9.17) is 9.47 Å². The molecule has 2 heterocycles. The summed E-state index contributed by atoms with van der Waals surface area (Å²) in [6.07, 6.45) is 1.22. The highest BCUT2D eigenvalue weighted by atomic mass is 19.1. The van der Waals surface area contributed by atoms with Crippen molar-refractivity contribution in [2.45, 2.75) is 38.6 Å². The lowest BCUT2D eigenvalue weighted by Crippen LogP contribution is -2.28. The van der Waals surface area contributed by atoms with Crippen molar-refractivity contribution in [2.75, 3.05) is 6.61 Å². The van der Waals surface area contributed by atoms with Crippen molar-refractivity contribution in [2.24, 2.45) is 0 Å². The summed E-state index contributed by atoms with van der Waals surface area (Å²) in [7, 11) is 0. The molecule has 32 heavy (non-hydrogen) atoms. The van der Waals surface area contributed by atoms with Crippen molar-refractivity contribution >= 4 is 10.9 Å². The lowest BCUT2D eigenvalue weighted by molar-refractivity contribution is -0.173. The number of aryl methyl sites for hydroxylation is 1. The topological polar surface area (TPSA) is 23.4 Å². The Morgan fingerprint density at radius 2 is 1.84 bits per heavy atom. The Morgan fingerprint density at radius 1 is 1.00 bits per heavy atom. The Hall–Kier alpha value is -3.02. The normalized spacial score (nSPS) is 18.8. The summed E-state index contributed by atoms with van der Waals surface area (Å²) in [6.45, 7) is 2.83. The summed E-state index contributed by atoms with van der Waals surface area (Å²) in [6, 6.07) is 22.0. The van der Waals surface area contributed by atoms with Gasteiger partial charge in [0, 0.05) is 29.1 Å². The van der Waals surface area contributed by atoms with Gasteiger partial charge in [0.25, 0.3) is 0 Å². The predicted molar refractivity (Wildman–Crippen MR) is 121 cm³/mol. The molecule has 0 aliphatic carbocycles. The third kappa shape index (κ3) is 4.18. The molecule has 0 N–H and O–H groups in total. The van der Waals surface area contributed by atoms with Crippen molar-refractivity contribution < 1.29 is 18.3 Å². The van der Waals surface area contributed by atoms with Gasteiger partial charge in [0.05, 0.1) is 18.7 Å². The Balaban J connectivity index is 1.48. The number of ether oxygens (including phenoxy) is 2. The van der Waals surface area contributed by atoms with Crippen LogP contribution in [0.5, 0.6) is 0 Å². The molecule has 1 saturated heterocycles. The number of hydrogen-bond donors (Lipinski definition) is 0. The molecule has 2 atom stereocenters. The second-order valence-electron chi connectivity index (χ2n) is 8.36. The van der Waals surface area contributed by atoms with Crippen LogP contribution in [0.4, 0.5) is 8.78 Å². The summed E-state index contributed by atoms with van der Waals surface area (Å²) in [5, 5.41) is 0.829. The van der Waals surface area contributed by atoms with E-state index in [9.17, 15) is 8.78 Å². The van der Waals surface area contributed by atoms with Crippen LogP contribution in [-0.2, 0) is 16.1 Å². The lowest BCUT2D eigenvalue weighted by Gasteiger charge is -2.30. The van der Waals surface area contributed by atoms with Crippen molar-refractivity contribution in [3.8, 4) is 5.69 Å². The molecular formula is C27H25F2NO2. The minimum Gasteiger partial charge on any atom is -0.353 e. The largest absolute Gasteiger partial charge is 0.353 e. The molecule has 3 aromatic carbocycles. The van der Waals surface area contributed by atoms with E-state index in [0.29, 0.717) is 25.2 Å². The van der Waals surface area contributed by atoms with E-state index < -0.39 is 0 Å². The van der Waals surface area contributed by atoms with E-state index >= 15 is 0 Å². The number of rotatable bonds is 5. The molecule has 1 aliphatic heterocycles. The lowest BCUT2D eigenvalue weighted by atomic mass is 9.95. The van der Waals surface area contributed by atoms with Crippen molar-refractivity contribution in [1.29, 1.82) is 0 Å². The smallest absolute Gasteiger partial charge is 0.158 e. The number of halogens is 2. The first-order valence-electron chi connectivity index (χ1n) is 10.9.